The van der Waals surface area contributed by atoms with Crippen LogP contribution in [0.25, 0.3) is 11.1 Å². The van der Waals surface area contributed by atoms with Gasteiger partial charge >= 0.3 is 12.1 Å². The molecule has 4 atom stereocenters. The molecule has 2 aromatic carbocycles. The Labute approximate surface area is 239 Å². The quantitative estimate of drug-likeness (QED) is 0.177. The third-order valence-electron chi connectivity index (χ3n) is 7.49. The van der Waals surface area contributed by atoms with Gasteiger partial charge in [0.25, 0.3) is 0 Å². The average Bonchev–Trinajstić information content (AvgIpc) is 3.29. The number of nitrogens with two attached hydrogens (primary N) is 1. The monoisotopic (exact) mass is 568 g/mol. The smallest absolute Gasteiger partial charge is 0.407 e. The van der Waals surface area contributed by atoms with Crippen molar-refractivity contribution in [2.75, 3.05) is 19.8 Å². The van der Waals surface area contributed by atoms with Gasteiger partial charge in [0.15, 0.2) is 0 Å². The Hall–Kier alpha value is -3.96. The fourth-order valence-electron chi connectivity index (χ4n) is 4.94. The van der Waals surface area contributed by atoms with Gasteiger partial charge < -0.3 is 36.6 Å². The molecule has 3 amide bonds. The number of fused-ring (bicyclic) bond motifs is 3. The number of carbonyl (C=O) groups is 4. The topological polar surface area (TPSA) is 180 Å². The number of carboxylic acid groups (broad SMARTS) is 1. The number of unbranched alkanes of at least 4 members (excludes halogenated alkanes) is 1. The number of rotatable bonds is 15. The Kier molecular flexibility index (Phi) is 11.7. The number of ether oxygens (including phenoxy) is 1. The molecule has 0 fully saturated rings. The van der Waals surface area contributed by atoms with Gasteiger partial charge in [-0.25, -0.2) is 9.59 Å². The lowest BCUT2D eigenvalue weighted by Crippen LogP contribution is -2.58. The van der Waals surface area contributed by atoms with Crippen LogP contribution in [0.4, 0.5) is 4.79 Å². The van der Waals surface area contributed by atoms with Gasteiger partial charge in [-0.15, -0.1) is 0 Å². The lowest BCUT2D eigenvalue weighted by Gasteiger charge is -2.27. The highest BCUT2D eigenvalue weighted by Gasteiger charge is 2.33. The highest BCUT2D eigenvalue weighted by Crippen LogP contribution is 2.44. The molecule has 11 heteroatoms. The van der Waals surface area contributed by atoms with E-state index in [4.69, 9.17) is 10.5 Å². The predicted molar refractivity (Wildman–Crippen MR) is 153 cm³/mol. The number of hydrogen-bond acceptors (Lipinski definition) is 7. The van der Waals surface area contributed by atoms with Crippen LogP contribution < -0.4 is 21.7 Å². The lowest BCUT2D eigenvalue weighted by molar-refractivity contribution is -0.142. The summed E-state index contributed by atoms with van der Waals surface area (Å²) in [4.78, 5) is 50.4. The van der Waals surface area contributed by atoms with Gasteiger partial charge in [0.2, 0.25) is 11.8 Å². The zero-order chi connectivity index (χ0) is 29.9. The molecule has 0 aromatic heterocycles. The maximum Gasteiger partial charge on any atom is 0.407 e. The van der Waals surface area contributed by atoms with Crippen LogP contribution in [0.5, 0.6) is 0 Å². The van der Waals surface area contributed by atoms with Gasteiger partial charge in [-0.2, -0.15) is 0 Å². The second kappa shape index (κ2) is 15.2. The van der Waals surface area contributed by atoms with E-state index in [1.807, 2.05) is 55.5 Å². The standard InChI is InChI=1S/C30H40N4O7/c1-3-18(2)26(28(37)32-24(29(38)39)14-8-9-15-31)34-27(36)25(16-35)33-30(40)41-17-23-21-12-6-4-10-19(21)20-11-5-7-13-22(20)23/h4-7,10-13,18,23-26,35H,3,8-9,14-17,31H2,1-2H3,(H,32,37)(H,33,40)(H,34,36)(H,38,39)/t18-,24-,25-,26-/m0/s1. The number of aliphatic carboxylic acids is 1. The number of aliphatic hydroxyl groups is 1. The average molecular weight is 569 g/mol. The summed E-state index contributed by atoms with van der Waals surface area (Å²) in [5, 5.41) is 26.8. The molecule has 11 nitrogen and oxygen atoms in total. The first-order chi connectivity index (χ1) is 19.7. The van der Waals surface area contributed by atoms with Crippen molar-refractivity contribution in [3.63, 3.8) is 0 Å². The summed E-state index contributed by atoms with van der Waals surface area (Å²) in [6, 6.07) is 12.2. The van der Waals surface area contributed by atoms with E-state index in [-0.39, 0.29) is 24.9 Å². The molecule has 0 radical (unpaired) electrons. The highest BCUT2D eigenvalue weighted by molar-refractivity contribution is 5.93. The SMILES string of the molecule is CC[C@H](C)[C@H](NC(=O)[C@H](CO)NC(=O)OCC1c2ccccc2-c2ccccc21)C(=O)N[C@@H](CCCCN)C(=O)O. The molecule has 0 saturated carbocycles. The van der Waals surface area contributed by atoms with Crippen LogP contribution in [0.15, 0.2) is 48.5 Å². The minimum atomic E-state index is -1.38. The van der Waals surface area contributed by atoms with E-state index < -0.39 is 48.6 Å². The summed E-state index contributed by atoms with van der Waals surface area (Å²) in [6.07, 6.45) is 0.946. The fraction of sp³-hybridized carbons (Fsp3) is 0.467. The number of hydrogen-bond donors (Lipinski definition) is 6. The molecular formula is C30H40N4O7. The second-order valence-electron chi connectivity index (χ2n) is 10.3. The second-order valence-corrected chi connectivity index (χ2v) is 10.3. The first kappa shape index (κ1) is 31.6. The third-order valence-corrected chi connectivity index (χ3v) is 7.49. The summed E-state index contributed by atoms with van der Waals surface area (Å²) in [5.74, 6) is -3.18. The molecule has 0 saturated heterocycles. The maximum atomic E-state index is 13.0. The number of nitrogens with one attached hydrogen (secondary N) is 3. The number of carboxylic acids is 1. The molecule has 0 bridgehead atoms. The van der Waals surface area contributed by atoms with Gasteiger partial charge in [-0.05, 0) is 54.0 Å². The van der Waals surface area contributed by atoms with Gasteiger partial charge in [0, 0.05) is 5.92 Å². The minimum absolute atomic E-state index is 0.0261. The van der Waals surface area contributed by atoms with Crippen molar-refractivity contribution >= 4 is 23.9 Å². The molecule has 0 aliphatic heterocycles. The van der Waals surface area contributed by atoms with E-state index in [0.717, 1.165) is 22.3 Å². The van der Waals surface area contributed by atoms with E-state index in [2.05, 4.69) is 16.0 Å². The summed E-state index contributed by atoms with van der Waals surface area (Å²) in [7, 11) is 0. The zero-order valence-corrected chi connectivity index (χ0v) is 23.5. The van der Waals surface area contributed by atoms with E-state index in [9.17, 15) is 29.4 Å². The third kappa shape index (κ3) is 8.05. The van der Waals surface area contributed by atoms with Gasteiger partial charge in [-0.1, -0.05) is 68.8 Å². The van der Waals surface area contributed by atoms with Crippen LogP contribution >= 0.6 is 0 Å². The Morgan fingerprint density at radius 2 is 1.51 bits per heavy atom. The molecule has 1 aliphatic carbocycles. The molecular weight excluding hydrogens is 528 g/mol. The first-order valence-electron chi connectivity index (χ1n) is 14.0. The minimum Gasteiger partial charge on any atom is -0.480 e. The molecule has 1 aliphatic rings. The Morgan fingerprint density at radius 1 is 0.902 bits per heavy atom. The van der Waals surface area contributed by atoms with E-state index >= 15 is 0 Å². The summed E-state index contributed by atoms with van der Waals surface area (Å²) >= 11 is 0. The number of carbonyl (C=O) groups excluding carboxylic acids is 3. The van der Waals surface area contributed by atoms with Gasteiger partial charge in [0.05, 0.1) is 6.61 Å². The molecule has 41 heavy (non-hydrogen) atoms. The highest BCUT2D eigenvalue weighted by atomic mass is 16.5. The fourth-order valence-corrected chi connectivity index (χ4v) is 4.94. The first-order valence-corrected chi connectivity index (χ1v) is 14.0. The maximum absolute atomic E-state index is 13.0. The van der Waals surface area contributed by atoms with Crippen molar-refractivity contribution in [3.8, 4) is 11.1 Å². The number of benzene rings is 2. The Balaban J connectivity index is 1.61. The number of amides is 3. The van der Waals surface area contributed by atoms with E-state index in [0.29, 0.717) is 25.8 Å². The lowest BCUT2D eigenvalue weighted by atomic mass is 9.97. The summed E-state index contributed by atoms with van der Waals surface area (Å²) < 4.78 is 5.47. The van der Waals surface area contributed by atoms with Crippen LogP contribution in [0.2, 0.25) is 0 Å². The molecule has 7 N–H and O–H groups in total. The molecule has 2 aromatic rings. The molecule has 0 unspecified atom stereocenters. The van der Waals surface area contributed by atoms with Crippen LogP contribution in [0.3, 0.4) is 0 Å². The summed E-state index contributed by atoms with van der Waals surface area (Å²) in [6.45, 7) is 3.26. The van der Waals surface area contributed by atoms with Crippen LogP contribution in [-0.2, 0) is 19.1 Å². The van der Waals surface area contributed by atoms with E-state index in [1.165, 1.54) is 0 Å². The van der Waals surface area contributed by atoms with E-state index in [1.54, 1.807) is 6.92 Å². The van der Waals surface area contributed by atoms with Gasteiger partial charge in [-0.3, -0.25) is 9.59 Å². The van der Waals surface area contributed by atoms with Gasteiger partial charge in [0.1, 0.15) is 24.7 Å². The molecule has 222 valence electrons. The molecule has 3 rings (SSSR count). The largest absolute Gasteiger partial charge is 0.480 e. The van der Waals surface area contributed by atoms with Crippen molar-refractivity contribution in [1.82, 2.24) is 16.0 Å². The van der Waals surface area contributed by atoms with Crippen molar-refractivity contribution in [2.45, 2.75) is 63.6 Å². The van der Waals surface area contributed by atoms with Crippen LogP contribution in [-0.4, -0.2) is 72.0 Å². The van der Waals surface area contributed by atoms with Crippen molar-refractivity contribution in [1.29, 1.82) is 0 Å². The van der Waals surface area contributed by atoms with Crippen LogP contribution in [0, 0.1) is 5.92 Å². The summed E-state index contributed by atoms with van der Waals surface area (Å²) in [5.41, 5.74) is 9.68. The molecule has 0 spiro atoms. The van der Waals surface area contributed by atoms with Crippen molar-refractivity contribution < 1.29 is 34.1 Å². The zero-order valence-electron chi connectivity index (χ0n) is 23.5. The Bertz CT molecular complexity index is 1180. The Morgan fingerprint density at radius 3 is 2.05 bits per heavy atom. The predicted octanol–water partition coefficient (Wildman–Crippen LogP) is 2.12. The molecule has 0 heterocycles. The number of alkyl carbamates (subject to hydrolysis) is 1. The normalized spacial score (nSPS) is 15.0. The van der Waals surface area contributed by atoms with Crippen molar-refractivity contribution in [2.24, 2.45) is 11.7 Å². The number of aliphatic hydroxyl groups excluding tert-OH is 1. The van der Waals surface area contributed by atoms with Crippen molar-refractivity contribution in [3.05, 3.63) is 59.7 Å². The van der Waals surface area contributed by atoms with Crippen LogP contribution in [0.1, 0.15) is 56.6 Å².